The fourth-order valence-electron chi connectivity index (χ4n) is 1.91. The first-order valence-electron chi connectivity index (χ1n) is 5.73. The number of nitrogen functional groups attached to an aromatic ring is 1. The first-order valence-corrected chi connectivity index (χ1v) is 5.73. The van der Waals surface area contributed by atoms with E-state index >= 15 is 0 Å². The van der Waals surface area contributed by atoms with E-state index in [0.717, 1.165) is 5.56 Å². The molecule has 0 aliphatic carbocycles. The van der Waals surface area contributed by atoms with Gasteiger partial charge in [-0.2, -0.15) is 0 Å². The van der Waals surface area contributed by atoms with Gasteiger partial charge in [-0.3, -0.25) is 30.0 Å². The Bertz CT molecular complexity index is 496. The van der Waals surface area contributed by atoms with E-state index in [1.807, 2.05) is 5.43 Å². The van der Waals surface area contributed by atoms with Crippen molar-refractivity contribution < 1.29 is 14.4 Å². The van der Waals surface area contributed by atoms with Gasteiger partial charge < -0.3 is 0 Å². The van der Waals surface area contributed by atoms with Crippen molar-refractivity contribution in [2.45, 2.75) is 6.54 Å². The molecule has 1 fully saturated rings. The molecular formula is C12H14N4O3. The minimum Gasteiger partial charge on any atom is -0.294 e. The molecule has 0 bridgehead atoms. The van der Waals surface area contributed by atoms with Gasteiger partial charge in [0.2, 0.25) is 11.8 Å². The van der Waals surface area contributed by atoms with E-state index < -0.39 is 0 Å². The molecule has 0 radical (unpaired) electrons. The Morgan fingerprint density at radius 2 is 1.79 bits per heavy atom. The van der Waals surface area contributed by atoms with E-state index in [4.69, 9.17) is 5.84 Å². The zero-order valence-corrected chi connectivity index (χ0v) is 10.2. The van der Waals surface area contributed by atoms with Gasteiger partial charge >= 0.3 is 0 Å². The number of hydrogen-bond donors (Lipinski definition) is 3. The lowest BCUT2D eigenvalue weighted by atomic mass is 10.1. The zero-order chi connectivity index (χ0) is 13.8. The van der Waals surface area contributed by atoms with Gasteiger partial charge in [-0.1, -0.05) is 12.1 Å². The number of benzene rings is 1. The summed E-state index contributed by atoms with van der Waals surface area (Å²) in [7, 11) is 0. The van der Waals surface area contributed by atoms with Crippen LogP contribution in [0.2, 0.25) is 0 Å². The topological polar surface area (TPSA) is 105 Å². The van der Waals surface area contributed by atoms with Crippen LogP contribution in [-0.2, 0) is 16.1 Å². The molecule has 0 spiro atoms. The highest BCUT2D eigenvalue weighted by atomic mass is 16.2. The number of piperazine rings is 1. The van der Waals surface area contributed by atoms with Crippen molar-refractivity contribution in [1.29, 1.82) is 0 Å². The summed E-state index contributed by atoms with van der Waals surface area (Å²) in [6, 6.07) is 6.82. The second-order valence-corrected chi connectivity index (χ2v) is 4.29. The second-order valence-electron chi connectivity index (χ2n) is 4.29. The molecule has 0 atom stereocenters. The molecule has 1 aliphatic rings. The van der Waals surface area contributed by atoms with Crippen LogP contribution in [0.3, 0.4) is 0 Å². The summed E-state index contributed by atoms with van der Waals surface area (Å²) in [5, 5.41) is 2.24. The highest BCUT2D eigenvalue weighted by Crippen LogP contribution is 2.08. The SMILES string of the molecule is NNC(=O)c1ccc(CN2CC(=O)NC(=O)C2)cc1. The summed E-state index contributed by atoms with van der Waals surface area (Å²) in [6.07, 6.45) is 0. The Labute approximate surface area is 109 Å². The molecule has 0 unspecified atom stereocenters. The standard InChI is InChI=1S/C12H14N4O3/c13-15-12(19)9-3-1-8(2-4-9)5-16-6-10(17)14-11(18)7-16/h1-4H,5-7,13H2,(H,15,19)(H,14,17,18). The van der Waals surface area contributed by atoms with Crippen molar-refractivity contribution in [2.24, 2.45) is 5.84 Å². The fourth-order valence-corrected chi connectivity index (χ4v) is 1.91. The third-order valence-corrected chi connectivity index (χ3v) is 2.77. The van der Waals surface area contributed by atoms with Crippen LogP contribution in [0.1, 0.15) is 15.9 Å². The Morgan fingerprint density at radius 1 is 1.21 bits per heavy atom. The molecular weight excluding hydrogens is 248 g/mol. The number of nitrogens with zero attached hydrogens (tertiary/aromatic N) is 1. The Morgan fingerprint density at radius 3 is 2.32 bits per heavy atom. The third kappa shape index (κ3) is 3.36. The van der Waals surface area contributed by atoms with Gasteiger partial charge in [0.25, 0.3) is 5.91 Å². The van der Waals surface area contributed by atoms with E-state index in [-0.39, 0.29) is 30.8 Å². The monoisotopic (exact) mass is 262 g/mol. The first kappa shape index (κ1) is 13.2. The van der Waals surface area contributed by atoms with E-state index in [9.17, 15) is 14.4 Å². The average molecular weight is 262 g/mol. The maximum absolute atomic E-state index is 11.3. The molecule has 19 heavy (non-hydrogen) atoms. The van der Waals surface area contributed by atoms with Gasteiger partial charge in [0, 0.05) is 12.1 Å². The van der Waals surface area contributed by atoms with Crippen molar-refractivity contribution in [3.63, 3.8) is 0 Å². The highest BCUT2D eigenvalue weighted by molar-refractivity contribution is 5.99. The van der Waals surface area contributed by atoms with Crippen LogP contribution in [-0.4, -0.2) is 35.7 Å². The summed E-state index contributed by atoms with van der Waals surface area (Å²) in [6.45, 7) is 0.858. The minimum absolute atomic E-state index is 0.191. The van der Waals surface area contributed by atoms with Crippen molar-refractivity contribution in [3.8, 4) is 0 Å². The van der Waals surface area contributed by atoms with Crippen LogP contribution in [0.4, 0.5) is 0 Å². The number of amides is 3. The molecule has 1 aromatic rings. The van der Waals surface area contributed by atoms with Crippen molar-refractivity contribution >= 4 is 17.7 Å². The second kappa shape index (κ2) is 5.59. The smallest absolute Gasteiger partial charge is 0.265 e. The summed E-state index contributed by atoms with van der Waals surface area (Å²) < 4.78 is 0. The Kier molecular flexibility index (Phi) is 3.88. The van der Waals surface area contributed by atoms with Crippen LogP contribution in [0, 0.1) is 0 Å². The molecule has 7 nitrogen and oxygen atoms in total. The van der Waals surface area contributed by atoms with Gasteiger partial charge in [-0.15, -0.1) is 0 Å². The molecule has 1 aromatic carbocycles. The quantitative estimate of drug-likeness (QED) is 0.273. The lowest BCUT2D eigenvalue weighted by molar-refractivity contribution is -0.136. The average Bonchev–Trinajstić information content (AvgIpc) is 2.37. The minimum atomic E-state index is -0.362. The number of carbonyl (C=O) groups excluding carboxylic acids is 3. The lowest BCUT2D eigenvalue weighted by Gasteiger charge is -2.25. The summed E-state index contributed by atoms with van der Waals surface area (Å²) >= 11 is 0. The molecule has 7 heteroatoms. The van der Waals surface area contributed by atoms with Gasteiger partial charge in [0.15, 0.2) is 0 Å². The maximum atomic E-state index is 11.3. The van der Waals surface area contributed by atoms with Gasteiger partial charge in [0.1, 0.15) is 0 Å². The summed E-state index contributed by atoms with van der Waals surface area (Å²) in [5.41, 5.74) is 3.42. The molecule has 0 saturated carbocycles. The van der Waals surface area contributed by atoms with Crippen LogP contribution < -0.4 is 16.6 Å². The number of rotatable bonds is 3. The van der Waals surface area contributed by atoms with E-state index in [2.05, 4.69) is 5.32 Å². The predicted molar refractivity (Wildman–Crippen MR) is 66.5 cm³/mol. The number of imide groups is 1. The van der Waals surface area contributed by atoms with Crippen LogP contribution in [0.5, 0.6) is 0 Å². The first-order chi connectivity index (χ1) is 9.08. The predicted octanol–water partition coefficient (Wildman–Crippen LogP) is -1.25. The molecule has 0 aromatic heterocycles. The van der Waals surface area contributed by atoms with Crippen LogP contribution >= 0.6 is 0 Å². The number of hydrazine groups is 1. The Hall–Kier alpha value is -2.25. The number of nitrogens with two attached hydrogens (primary N) is 1. The molecule has 1 aliphatic heterocycles. The van der Waals surface area contributed by atoms with Crippen LogP contribution in [0.15, 0.2) is 24.3 Å². The highest BCUT2D eigenvalue weighted by Gasteiger charge is 2.22. The molecule has 3 amide bonds. The van der Waals surface area contributed by atoms with E-state index in [0.29, 0.717) is 12.1 Å². The summed E-state index contributed by atoms with van der Waals surface area (Å²) in [5.74, 6) is 4.08. The molecule has 1 heterocycles. The van der Waals surface area contributed by atoms with Gasteiger partial charge in [0.05, 0.1) is 13.1 Å². The molecule has 1 saturated heterocycles. The lowest BCUT2D eigenvalue weighted by Crippen LogP contribution is -2.50. The largest absolute Gasteiger partial charge is 0.294 e. The fraction of sp³-hybridized carbons (Fsp3) is 0.250. The maximum Gasteiger partial charge on any atom is 0.265 e. The summed E-state index contributed by atoms with van der Waals surface area (Å²) in [4.78, 5) is 35.4. The van der Waals surface area contributed by atoms with Gasteiger partial charge in [-0.05, 0) is 17.7 Å². The van der Waals surface area contributed by atoms with Crippen molar-refractivity contribution in [2.75, 3.05) is 13.1 Å². The van der Waals surface area contributed by atoms with Gasteiger partial charge in [-0.25, -0.2) is 5.84 Å². The van der Waals surface area contributed by atoms with Crippen molar-refractivity contribution in [1.82, 2.24) is 15.6 Å². The Balaban J connectivity index is 2.01. The van der Waals surface area contributed by atoms with Crippen molar-refractivity contribution in [3.05, 3.63) is 35.4 Å². The number of nitrogens with one attached hydrogen (secondary N) is 2. The molecule has 2 rings (SSSR count). The molecule has 100 valence electrons. The number of carbonyl (C=O) groups is 3. The normalized spacial score (nSPS) is 16.1. The zero-order valence-electron chi connectivity index (χ0n) is 10.2. The molecule has 4 N–H and O–H groups in total. The van der Waals surface area contributed by atoms with E-state index in [1.54, 1.807) is 29.2 Å². The third-order valence-electron chi connectivity index (χ3n) is 2.77. The number of hydrogen-bond acceptors (Lipinski definition) is 5. The van der Waals surface area contributed by atoms with Crippen LogP contribution in [0.25, 0.3) is 0 Å². The van der Waals surface area contributed by atoms with E-state index in [1.165, 1.54) is 0 Å².